The first-order chi connectivity index (χ1) is 11.7. The maximum Gasteiger partial charge on any atom is 0.246 e. The summed E-state index contributed by atoms with van der Waals surface area (Å²) in [6, 6.07) is 13.9. The average molecular weight is 326 g/mol. The number of carbonyl (C=O) groups excluding carboxylic acids is 2. The van der Waals surface area contributed by atoms with Crippen molar-refractivity contribution in [2.45, 2.75) is 18.9 Å². The van der Waals surface area contributed by atoms with Crippen LogP contribution in [0.25, 0.3) is 0 Å². The first-order valence-electron chi connectivity index (χ1n) is 7.67. The van der Waals surface area contributed by atoms with Crippen LogP contribution in [0.15, 0.2) is 48.5 Å². The standard InChI is InChI=1S/C18H18N2O4/c1-23-15-4-2-3-5-16(15)24-13-8-6-12(7-9-13)19-18(22)14-10-11-17(21)20-14/h2-9,14H,10-11H2,1H3,(H,19,22)(H,20,21)/t14-/m0/s1. The third-order valence-corrected chi connectivity index (χ3v) is 3.73. The van der Waals surface area contributed by atoms with Gasteiger partial charge in [-0.2, -0.15) is 0 Å². The number of benzene rings is 2. The molecule has 0 radical (unpaired) electrons. The largest absolute Gasteiger partial charge is 0.493 e. The lowest BCUT2D eigenvalue weighted by atomic mass is 10.2. The summed E-state index contributed by atoms with van der Waals surface area (Å²) in [5.41, 5.74) is 0.647. The molecule has 6 nitrogen and oxygen atoms in total. The smallest absolute Gasteiger partial charge is 0.246 e. The van der Waals surface area contributed by atoms with Gasteiger partial charge in [-0.15, -0.1) is 0 Å². The lowest BCUT2D eigenvalue weighted by Crippen LogP contribution is -2.37. The van der Waals surface area contributed by atoms with Crippen LogP contribution in [0, 0.1) is 0 Å². The highest BCUT2D eigenvalue weighted by atomic mass is 16.5. The number of rotatable bonds is 5. The zero-order valence-electron chi connectivity index (χ0n) is 13.2. The van der Waals surface area contributed by atoms with E-state index in [1.54, 1.807) is 31.4 Å². The highest BCUT2D eigenvalue weighted by Gasteiger charge is 2.27. The van der Waals surface area contributed by atoms with Gasteiger partial charge in [-0.1, -0.05) is 12.1 Å². The summed E-state index contributed by atoms with van der Waals surface area (Å²) in [7, 11) is 1.59. The quantitative estimate of drug-likeness (QED) is 0.886. The van der Waals surface area contributed by atoms with Gasteiger partial charge in [-0.3, -0.25) is 9.59 Å². The third kappa shape index (κ3) is 3.65. The number of carbonyl (C=O) groups is 2. The van der Waals surface area contributed by atoms with E-state index in [1.807, 2.05) is 24.3 Å². The summed E-state index contributed by atoms with van der Waals surface area (Å²) in [6.45, 7) is 0. The number of methoxy groups -OCH3 is 1. The molecule has 124 valence electrons. The minimum atomic E-state index is -0.456. The molecule has 1 aliphatic rings. The van der Waals surface area contributed by atoms with Crippen molar-refractivity contribution < 1.29 is 19.1 Å². The molecule has 2 N–H and O–H groups in total. The van der Waals surface area contributed by atoms with Crippen LogP contribution in [-0.4, -0.2) is 25.0 Å². The first-order valence-corrected chi connectivity index (χ1v) is 7.67. The summed E-state index contributed by atoms with van der Waals surface area (Å²) < 4.78 is 11.0. The Morgan fingerprint density at radius 2 is 1.83 bits per heavy atom. The van der Waals surface area contributed by atoms with E-state index in [2.05, 4.69) is 10.6 Å². The van der Waals surface area contributed by atoms with Crippen molar-refractivity contribution in [3.05, 3.63) is 48.5 Å². The number of nitrogens with one attached hydrogen (secondary N) is 2. The van der Waals surface area contributed by atoms with Crippen LogP contribution in [0.4, 0.5) is 5.69 Å². The highest BCUT2D eigenvalue weighted by Crippen LogP contribution is 2.31. The van der Waals surface area contributed by atoms with Crippen LogP contribution in [-0.2, 0) is 9.59 Å². The number of amides is 2. The van der Waals surface area contributed by atoms with E-state index >= 15 is 0 Å². The van der Waals surface area contributed by atoms with Gasteiger partial charge in [0, 0.05) is 12.1 Å². The molecule has 1 fully saturated rings. The molecule has 2 amide bonds. The van der Waals surface area contributed by atoms with Gasteiger partial charge in [0.15, 0.2) is 11.5 Å². The Kier molecular flexibility index (Phi) is 4.65. The molecule has 1 aliphatic heterocycles. The van der Waals surface area contributed by atoms with Crippen molar-refractivity contribution in [1.82, 2.24) is 5.32 Å². The lowest BCUT2D eigenvalue weighted by molar-refractivity contribution is -0.122. The molecule has 0 aliphatic carbocycles. The van der Waals surface area contributed by atoms with Gasteiger partial charge in [0.2, 0.25) is 11.8 Å². The van der Waals surface area contributed by atoms with Gasteiger partial charge in [0.25, 0.3) is 0 Å². The van der Waals surface area contributed by atoms with E-state index in [-0.39, 0.29) is 11.8 Å². The molecule has 24 heavy (non-hydrogen) atoms. The molecule has 0 saturated carbocycles. The minimum Gasteiger partial charge on any atom is -0.493 e. The Bertz CT molecular complexity index is 743. The Morgan fingerprint density at radius 1 is 1.12 bits per heavy atom. The van der Waals surface area contributed by atoms with E-state index in [4.69, 9.17) is 9.47 Å². The summed E-state index contributed by atoms with van der Waals surface area (Å²) in [4.78, 5) is 23.2. The van der Waals surface area contributed by atoms with E-state index in [0.717, 1.165) is 0 Å². The minimum absolute atomic E-state index is 0.0873. The van der Waals surface area contributed by atoms with E-state index in [1.165, 1.54) is 0 Å². The van der Waals surface area contributed by atoms with Gasteiger partial charge in [0.05, 0.1) is 7.11 Å². The molecule has 3 rings (SSSR count). The van der Waals surface area contributed by atoms with Crippen molar-refractivity contribution in [3.8, 4) is 17.2 Å². The van der Waals surface area contributed by atoms with Crippen molar-refractivity contribution in [2.75, 3.05) is 12.4 Å². The zero-order chi connectivity index (χ0) is 16.9. The molecule has 1 heterocycles. The molecule has 1 atom stereocenters. The summed E-state index contributed by atoms with van der Waals surface area (Å²) >= 11 is 0. The second kappa shape index (κ2) is 7.04. The molecule has 2 aromatic carbocycles. The molecule has 1 saturated heterocycles. The maximum atomic E-state index is 12.0. The van der Waals surface area contributed by atoms with Crippen LogP contribution in [0.1, 0.15) is 12.8 Å². The zero-order valence-corrected chi connectivity index (χ0v) is 13.2. The Labute approximate surface area is 139 Å². The topological polar surface area (TPSA) is 76.7 Å². The van der Waals surface area contributed by atoms with Crippen molar-refractivity contribution in [1.29, 1.82) is 0 Å². The van der Waals surface area contributed by atoms with Gasteiger partial charge >= 0.3 is 0 Å². The number of ether oxygens (including phenoxy) is 2. The van der Waals surface area contributed by atoms with Gasteiger partial charge in [-0.05, 0) is 42.8 Å². The Hall–Kier alpha value is -3.02. The fourth-order valence-electron chi connectivity index (χ4n) is 2.48. The molecule has 0 unspecified atom stereocenters. The number of para-hydroxylation sites is 2. The molecule has 0 aromatic heterocycles. The Balaban J connectivity index is 1.63. The van der Waals surface area contributed by atoms with Gasteiger partial charge < -0.3 is 20.1 Å². The lowest BCUT2D eigenvalue weighted by Gasteiger charge is -2.12. The van der Waals surface area contributed by atoms with Gasteiger partial charge in [-0.25, -0.2) is 0 Å². The van der Waals surface area contributed by atoms with Crippen LogP contribution < -0.4 is 20.1 Å². The van der Waals surface area contributed by atoms with Crippen molar-refractivity contribution in [3.63, 3.8) is 0 Å². The van der Waals surface area contributed by atoms with Gasteiger partial charge in [0.1, 0.15) is 11.8 Å². The maximum absolute atomic E-state index is 12.0. The number of anilines is 1. The van der Waals surface area contributed by atoms with Crippen molar-refractivity contribution >= 4 is 17.5 Å². The van der Waals surface area contributed by atoms with Crippen LogP contribution in [0.5, 0.6) is 17.2 Å². The second-order valence-corrected chi connectivity index (χ2v) is 5.43. The van der Waals surface area contributed by atoms with Crippen LogP contribution in [0.3, 0.4) is 0 Å². The molecule has 6 heteroatoms. The second-order valence-electron chi connectivity index (χ2n) is 5.43. The summed E-state index contributed by atoms with van der Waals surface area (Å²) in [5.74, 6) is 1.60. The molecule has 2 aromatic rings. The first kappa shape index (κ1) is 15.9. The predicted octanol–water partition coefficient (Wildman–Crippen LogP) is 2.70. The third-order valence-electron chi connectivity index (χ3n) is 3.73. The highest BCUT2D eigenvalue weighted by molar-refractivity contribution is 5.98. The van der Waals surface area contributed by atoms with Crippen molar-refractivity contribution in [2.24, 2.45) is 0 Å². The average Bonchev–Trinajstić information content (AvgIpc) is 3.04. The molecule has 0 spiro atoms. The van der Waals surface area contributed by atoms with E-state index < -0.39 is 6.04 Å². The monoisotopic (exact) mass is 326 g/mol. The molecular weight excluding hydrogens is 308 g/mol. The number of hydrogen-bond acceptors (Lipinski definition) is 4. The normalized spacial score (nSPS) is 16.4. The number of hydrogen-bond donors (Lipinski definition) is 2. The Morgan fingerprint density at radius 3 is 2.46 bits per heavy atom. The fourth-order valence-corrected chi connectivity index (χ4v) is 2.48. The van der Waals surface area contributed by atoms with E-state index in [9.17, 15) is 9.59 Å². The van der Waals surface area contributed by atoms with E-state index in [0.29, 0.717) is 35.8 Å². The van der Waals surface area contributed by atoms with Crippen LogP contribution in [0.2, 0.25) is 0 Å². The SMILES string of the molecule is COc1ccccc1Oc1ccc(NC(=O)[C@@H]2CCC(=O)N2)cc1. The summed E-state index contributed by atoms with van der Waals surface area (Å²) in [6.07, 6.45) is 0.920. The van der Waals surface area contributed by atoms with Crippen LogP contribution >= 0.6 is 0 Å². The molecule has 0 bridgehead atoms. The predicted molar refractivity (Wildman–Crippen MR) is 89.3 cm³/mol. The molecular formula is C18H18N2O4. The fraction of sp³-hybridized carbons (Fsp3) is 0.222. The summed E-state index contributed by atoms with van der Waals surface area (Å²) in [5, 5.41) is 5.43.